The molecule has 7 aromatic carbocycles. The molecule has 0 spiro atoms. The zero-order valence-corrected chi connectivity index (χ0v) is 37.2. The fourth-order valence-corrected chi connectivity index (χ4v) is 9.61. The van der Waals surface area contributed by atoms with Gasteiger partial charge in [-0.1, -0.05) is 175 Å². The van der Waals surface area contributed by atoms with E-state index in [-0.39, 0.29) is 10.8 Å². The third-order valence-corrected chi connectivity index (χ3v) is 12.7. The van der Waals surface area contributed by atoms with Crippen molar-refractivity contribution in [1.29, 1.82) is 0 Å². The molecule has 0 atom stereocenters. The molecule has 0 saturated carbocycles. The summed E-state index contributed by atoms with van der Waals surface area (Å²) in [4.78, 5) is 4.89. The Kier molecular flexibility index (Phi) is 9.28. The standard InChI is InChI=1S/C59H50N4O/c1-58(2,3)43-34-40(33-39-27-28-48-47-20-11-13-24-51(47)63(54(48)36-39)57-56-42(29-31-60-57)30-32-64-56)35-44(37-43)61-38-62(53-26-15-14-25-52(53)61)55-45(41-17-8-7-9-18-41)21-16-22-49(55)46-19-10-12-23-50(46)59(4,5)6/h7-32,34-37H,33H2,1-6H3. The average Bonchev–Trinajstić information content (AvgIpc) is 4.03. The second-order valence-corrected chi connectivity index (χ2v) is 19.1. The first kappa shape index (κ1) is 39.4. The predicted octanol–water partition coefficient (Wildman–Crippen LogP) is 14.5. The normalized spacial score (nSPS) is 12.3. The molecule has 4 aromatic heterocycles. The summed E-state index contributed by atoms with van der Waals surface area (Å²) < 4.78 is 12.9. The van der Waals surface area contributed by atoms with E-state index in [1.54, 1.807) is 6.26 Å². The molecule has 5 nitrogen and oxygen atoms in total. The number of aromatic nitrogens is 4. The summed E-state index contributed by atoms with van der Waals surface area (Å²) in [6.07, 6.45) is 8.32. The maximum atomic E-state index is 6.04. The average molecular weight is 831 g/mol. The lowest BCUT2D eigenvalue weighted by Gasteiger charge is -2.25. The Bertz CT molecular complexity index is 3550. The lowest BCUT2D eigenvalue weighted by molar-refractivity contribution is -0.571. The topological polar surface area (TPSA) is 39.8 Å². The Morgan fingerprint density at radius 1 is 0.578 bits per heavy atom. The van der Waals surface area contributed by atoms with Crippen LogP contribution in [-0.4, -0.2) is 14.1 Å². The fraction of sp³-hybridized carbons (Fsp3) is 0.153. The minimum atomic E-state index is -0.1000. The van der Waals surface area contributed by atoms with Crippen LogP contribution in [0.3, 0.4) is 0 Å². The van der Waals surface area contributed by atoms with Crippen LogP contribution in [0.1, 0.15) is 63.8 Å². The summed E-state index contributed by atoms with van der Waals surface area (Å²) in [5.41, 5.74) is 16.9. The van der Waals surface area contributed by atoms with Crippen LogP contribution in [0.25, 0.3) is 83.3 Å². The number of para-hydroxylation sites is 4. The van der Waals surface area contributed by atoms with E-state index in [4.69, 9.17) is 9.40 Å². The molecule has 0 N–H and O–H groups in total. The highest BCUT2D eigenvalue weighted by Gasteiger charge is 2.25. The van der Waals surface area contributed by atoms with Crippen LogP contribution < -0.4 is 4.57 Å². The predicted molar refractivity (Wildman–Crippen MR) is 263 cm³/mol. The molecule has 11 aromatic rings. The van der Waals surface area contributed by atoms with Crippen molar-refractivity contribution in [3.05, 3.63) is 211 Å². The summed E-state index contributed by atoms with van der Waals surface area (Å²) in [5.74, 6) is 0.796. The number of hydrogen-bond donors (Lipinski definition) is 0. The minimum Gasteiger partial charge on any atom is -0.460 e. The van der Waals surface area contributed by atoms with Crippen molar-refractivity contribution in [3.8, 4) is 39.4 Å². The molecular weight excluding hydrogens is 781 g/mol. The molecule has 4 heterocycles. The van der Waals surface area contributed by atoms with E-state index in [0.29, 0.717) is 0 Å². The number of rotatable bonds is 7. The third kappa shape index (κ3) is 6.71. The van der Waals surface area contributed by atoms with Gasteiger partial charge in [-0.2, -0.15) is 0 Å². The van der Waals surface area contributed by atoms with Crippen molar-refractivity contribution >= 4 is 43.8 Å². The summed E-state index contributed by atoms with van der Waals surface area (Å²) >= 11 is 0. The van der Waals surface area contributed by atoms with Crippen LogP contribution in [0.5, 0.6) is 0 Å². The molecule has 11 rings (SSSR count). The highest BCUT2D eigenvalue weighted by atomic mass is 16.3. The van der Waals surface area contributed by atoms with Gasteiger partial charge < -0.3 is 4.42 Å². The van der Waals surface area contributed by atoms with Crippen molar-refractivity contribution in [1.82, 2.24) is 14.1 Å². The molecule has 0 aliphatic heterocycles. The van der Waals surface area contributed by atoms with Crippen molar-refractivity contribution < 1.29 is 8.98 Å². The highest BCUT2D eigenvalue weighted by molar-refractivity contribution is 6.10. The Hall–Kier alpha value is -7.50. The molecule has 0 aliphatic rings. The second-order valence-electron chi connectivity index (χ2n) is 19.1. The first-order chi connectivity index (χ1) is 31.0. The largest absolute Gasteiger partial charge is 0.460 e. The number of benzene rings is 7. The fourth-order valence-electron chi connectivity index (χ4n) is 9.61. The highest BCUT2D eigenvalue weighted by Crippen LogP contribution is 2.40. The molecular formula is C59H50N4O. The van der Waals surface area contributed by atoms with Crippen molar-refractivity contribution in [2.24, 2.45) is 0 Å². The summed E-state index contributed by atoms with van der Waals surface area (Å²) in [7, 11) is 0. The van der Waals surface area contributed by atoms with E-state index in [9.17, 15) is 0 Å². The molecule has 0 bridgehead atoms. The zero-order chi connectivity index (χ0) is 43.7. The lowest BCUT2D eigenvalue weighted by atomic mass is 9.81. The van der Waals surface area contributed by atoms with Crippen LogP contribution >= 0.6 is 0 Å². The van der Waals surface area contributed by atoms with E-state index in [0.717, 1.165) is 67.8 Å². The molecule has 0 fully saturated rings. The number of pyridine rings is 1. The monoisotopic (exact) mass is 830 g/mol. The molecule has 0 amide bonds. The zero-order valence-electron chi connectivity index (χ0n) is 37.2. The van der Waals surface area contributed by atoms with Gasteiger partial charge in [0.05, 0.1) is 39.7 Å². The first-order valence-corrected chi connectivity index (χ1v) is 22.2. The van der Waals surface area contributed by atoms with Gasteiger partial charge in [-0.25, -0.2) is 4.98 Å². The van der Waals surface area contributed by atoms with Gasteiger partial charge in [0.15, 0.2) is 11.4 Å². The maximum Gasteiger partial charge on any atom is 0.269 e. The number of imidazole rings is 1. The van der Waals surface area contributed by atoms with Gasteiger partial charge in [-0.05, 0) is 98.2 Å². The van der Waals surface area contributed by atoms with Crippen LogP contribution in [0.4, 0.5) is 0 Å². The number of furan rings is 1. The Balaban J connectivity index is 1.10. The van der Waals surface area contributed by atoms with Gasteiger partial charge in [-0.3, -0.25) is 13.7 Å². The Morgan fingerprint density at radius 3 is 2.12 bits per heavy atom. The molecule has 0 radical (unpaired) electrons. The van der Waals surface area contributed by atoms with Gasteiger partial charge in [0.2, 0.25) is 0 Å². The molecule has 312 valence electrons. The minimum absolute atomic E-state index is 0.0613. The Labute approximate surface area is 374 Å². The third-order valence-electron chi connectivity index (χ3n) is 12.7. The summed E-state index contributed by atoms with van der Waals surface area (Å²) in [6.45, 7) is 13.8. The van der Waals surface area contributed by atoms with Gasteiger partial charge >= 0.3 is 0 Å². The summed E-state index contributed by atoms with van der Waals surface area (Å²) in [5, 5.41) is 3.41. The Morgan fingerprint density at radius 2 is 1.30 bits per heavy atom. The van der Waals surface area contributed by atoms with Crippen LogP contribution in [0, 0.1) is 6.33 Å². The van der Waals surface area contributed by atoms with E-state index >= 15 is 0 Å². The molecule has 0 unspecified atom stereocenters. The lowest BCUT2D eigenvalue weighted by Crippen LogP contribution is -2.31. The van der Waals surface area contributed by atoms with E-state index in [2.05, 4.69) is 219 Å². The number of hydrogen-bond acceptors (Lipinski definition) is 2. The molecule has 64 heavy (non-hydrogen) atoms. The SMILES string of the molecule is CC(C)(C)c1cc(Cc2ccc3c4ccccc4n(-c4nccc5ccoc45)c3c2)cc(-n2[c-][n+](-c3c(-c4ccccc4)cccc3-c3ccccc3C(C)(C)C)c3ccccc32)c1. The maximum absolute atomic E-state index is 6.04. The van der Waals surface area contributed by atoms with Crippen LogP contribution in [-0.2, 0) is 17.3 Å². The van der Waals surface area contributed by atoms with Crippen LogP contribution in [0.15, 0.2) is 187 Å². The number of nitrogens with zero attached hydrogens (tertiary/aromatic N) is 4. The molecule has 0 aliphatic carbocycles. The van der Waals surface area contributed by atoms with Crippen LogP contribution in [0.2, 0.25) is 0 Å². The van der Waals surface area contributed by atoms with Crippen molar-refractivity contribution in [2.75, 3.05) is 0 Å². The molecule has 5 heteroatoms. The smallest absolute Gasteiger partial charge is 0.269 e. The van der Waals surface area contributed by atoms with Gasteiger partial charge in [-0.15, -0.1) is 0 Å². The quantitative estimate of drug-likeness (QED) is 0.119. The van der Waals surface area contributed by atoms with Gasteiger partial charge in [0.25, 0.3) is 6.33 Å². The van der Waals surface area contributed by atoms with E-state index < -0.39 is 0 Å². The molecule has 0 saturated heterocycles. The van der Waals surface area contributed by atoms with Gasteiger partial charge in [0.1, 0.15) is 0 Å². The van der Waals surface area contributed by atoms with Crippen molar-refractivity contribution in [2.45, 2.75) is 58.8 Å². The summed E-state index contributed by atoms with van der Waals surface area (Å²) in [6, 6.07) is 61.6. The van der Waals surface area contributed by atoms with E-state index in [1.807, 2.05) is 18.3 Å². The first-order valence-electron chi connectivity index (χ1n) is 22.2. The van der Waals surface area contributed by atoms with Crippen molar-refractivity contribution in [3.63, 3.8) is 0 Å². The second kappa shape index (κ2) is 15.1. The van der Waals surface area contributed by atoms with E-state index in [1.165, 1.54) is 44.2 Å². The van der Waals surface area contributed by atoms with Gasteiger partial charge in [0, 0.05) is 22.4 Å². The number of fused-ring (bicyclic) bond motifs is 5.